The average molecular weight is 336 g/mol. The molecule has 3 heterocycles. The largest absolute Gasteiger partial charge is 0.508 e. The summed E-state index contributed by atoms with van der Waals surface area (Å²) in [7, 11) is 0. The van der Waals surface area contributed by atoms with E-state index in [1.165, 1.54) is 0 Å². The van der Waals surface area contributed by atoms with E-state index in [9.17, 15) is 5.11 Å². The lowest BCUT2D eigenvalue weighted by Gasteiger charge is -2.29. The minimum Gasteiger partial charge on any atom is -0.508 e. The number of phenolic OH excluding ortho intramolecular Hbond substituents is 1. The molecule has 0 fully saturated rings. The number of phenols is 1. The molecule has 128 valence electrons. The van der Waals surface area contributed by atoms with Crippen molar-refractivity contribution in [2.24, 2.45) is 4.99 Å². The van der Waals surface area contributed by atoms with Gasteiger partial charge in [-0.2, -0.15) is 0 Å². The Labute approximate surface area is 145 Å². The summed E-state index contributed by atoms with van der Waals surface area (Å²) in [6.45, 7) is 5.91. The molecule has 2 N–H and O–H groups in total. The Balaban J connectivity index is 1.88. The second-order valence-corrected chi connectivity index (χ2v) is 5.95. The molecule has 0 bridgehead atoms. The van der Waals surface area contributed by atoms with Gasteiger partial charge in [0.2, 0.25) is 5.71 Å². The first-order valence-corrected chi connectivity index (χ1v) is 8.47. The molecule has 1 aliphatic heterocycles. The maximum Gasteiger partial charge on any atom is 0.228 e. The van der Waals surface area contributed by atoms with Crippen LogP contribution >= 0.6 is 0 Å². The van der Waals surface area contributed by atoms with E-state index in [0.29, 0.717) is 11.5 Å². The Bertz CT molecular complexity index is 944. The van der Waals surface area contributed by atoms with Crippen LogP contribution in [0.25, 0.3) is 11.1 Å². The summed E-state index contributed by atoms with van der Waals surface area (Å²) < 4.78 is 6.02. The van der Waals surface area contributed by atoms with Gasteiger partial charge in [-0.05, 0) is 37.4 Å². The summed E-state index contributed by atoms with van der Waals surface area (Å²) in [6.07, 6.45) is 1.50. The third-order valence-electron chi connectivity index (χ3n) is 4.50. The number of aromatic nitrogens is 1. The number of aromatic hydroxyl groups is 1. The number of anilines is 1. The molecule has 2 aromatic heterocycles. The predicted octanol–water partition coefficient (Wildman–Crippen LogP) is 3.75. The van der Waals surface area contributed by atoms with Gasteiger partial charge in [-0.3, -0.25) is 4.90 Å². The van der Waals surface area contributed by atoms with Gasteiger partial charge in [-0.25, -0.2) is 9.98 Å². The number of hydrogen-bond donors (Lipinski definition) is 2. The maximum absolute atomic E-state index is 9.82. The molecule has 0 aliphatic carbocycles. The number of nitrogens with one attached hydrogen (secondary N) is 1. The number of benzene rings is 1. The van der Waals surface area contributed by atoms with E-state index in [2.05, 4.69) is 29.0 Å². The summed E-state index contributed by atoms with van der Waals surface area (Å²) in [5.74, 6) is 1.71. The number of pyridine rings is 1. The van der Waals surface area contributed by atoms with Gasteiger partial charge < -0.3 is 14.8 Å². The molecule has 6 nitrogen and oxygen atoms in total. The van der Waals surface area contributed by atoms with Crippen molar-refractivity contribution in [1.82, 2.24) is 9.88 Å². The second kappa shape index (κ2) is 6.22. The van der Waals surface area contributed by atoms with Crippen LogP contribution in [0.1, 0.15) is 31.3 Å². The fourth-order valence-corrected chi connectivity index (χ4v) is 3.21. The van der Waals surface area contributed by atoms with Crippen molar-refractivity contribution in [3.05, 3.63) is 53.9 Å². The van der Waals surface area contributed by atoms with Gasteiger partial charge in [0, 0.05) is 11.8 Å². The van der Waals surface area contributed by atoms with Crippen LogP contribution in [0.5, 0.6) is 5.75 Å². The SMILES string of the molecule is CCN(CC)C1N=C(c2cccc(O)c2)Nc2c1oc1ncccc21. The molecule has 0 saturated carbocycles. The number of fused-ring (bicyclic) bond motifs is 3. The first-order valence-electron chi connectivity index (χ1n) is 8.47. The van der Waals surface area contributed by atoms with E-state index in [0.717, 1.165) is 35.5 Å². The van der Waals surface area contributed by atoms with Gasteiger partial charge >= 0.3 is 0 Å². The van der Waals surface area contributed by atoms with Gasteiger partial charge in [-0.15, -0.1) is 0 Å². The zero-order chi connectivity index (χ0) is 17.4. The molecular formula is C19H20N4O2. The molecule has 1 atom stereocenters. The highest BCUT2D eigenvalue weighted by molar-refractivity contribution is 6.13. The number of nitrogens with zero attached hydrogens (tertiary/aromatic N) is 3. The van der Waals surface area contributed by atoms with Crippen LogP contribution in [0.3, 0.4) is 0 Å². The number of amidine groups is 1. The summed E-state index contributed by atoms with van der Waals surface area (Å²) in [5.41, 5.74) is 2.33. The molecular weight excluding hydrogens is 316 g/mol. The minimum atomic E-state index is -0.224. The lowest BCUT2D eigenvalue weighted by molar-refractivity contribution is 0.201. The molecule has 25 heavy (non-hydrogen) atoms. The lowest BCUT2D eigenvalue weighted by Crippen LogP contribution is -2.32. The van der Waals surface area contributed by atoms with Crippen LogP contribution in [-0.4, -0.2) is 33.9 Å². The van der Waals surface area contributed by atoms with E-state index in [-0.39, 0.29) is 11.9 Å². The van der Waals surface area contributed by atoms with Crippen molar-refractivity contribution in [1.29, 1.82) is 0 Å². The highest BCUT2D eigenvalue weighted by Gasteiger charge is 2.31. The van der Waals surface area contributed by atoms with Crippen LogP contribution in [0, 0.1) is 0 Å². The highest BCUT2D eigenvalue weighted by Crippen LogP contribution is 2.40. The standard InChI is InChI=1S/C19H20N4O2/c1-3-23(4-2)18-16-15(14-9-6-10-20-19(14)25-16)21-17(22-18)12-7-5-8-13(24)11-12/h5-11,18,24H,3-4H2,1-2H3,(H,21,22). The van der Waals surface area contributed by atoms with E-state index >= 15 is 0 Å². The molecule has 0 saturated heterocycles. The lowest BCUT2D eigenvalue weighted by atomic mass is 10.1. The van der Waals surface area contributed by atoms with E-state index < -0.39 is 0 Å². The quantitative estimate of drug-likeness (QED) is 0.759. The van der Waals surface area contributed by atoms with Gasteiger partial charge in [0.1, 0.15) is 11.6 Å². The summed E-state index contributed by atoms with van der Waals surface area (Å²) in [4.78, 5) is 11.4. The van der Waals surface area contributed by atoms with Gasteiger partial charge in [-0.1, -0.05) is 26.0 Å². The van der Waals surface area contributed by atoms with E-state index in [4.69, 9.17) is 9.41 Å². The Morgan fingerprint density at radius 1 is 1.20 bits per heavy atom. The molecule has 0 spiro atoms. The number of furan rings is 1. The first-order chi connectivity index (χ1) is 12.2. The van der Waals surface area contributed by atoms with Crippen molar-refractivity contribution >= 4 is 22.6 Å². The molecule has 1 aromatic carbocycles. The van der Waals surface area contributed by atoms with Crippen molar-refractivity contribution < 1.29 is 9.52 Å². The van der Waals surface area contributed by atoms with Crippen molar-refractivity contribution in [3.63, 3.8) is 0 Å². The topological polar surface area (TPSA) is 73.9 Å². The van der Waals surface area contributed by atoms with Crippen LogP contribution < -0.4 is 5.32 Å². The van der Waals surface area contributed by atoms with Gasteiger partial charge in [0.25, 0.3) is 0 Å². The molecule has 1 aliphatic rings. The van der Waals surface area contributed by atoms with E-state index in [1.54, 1.807) is 18.3 Å². The molecule has 1 unspecified atom stereocenters. The fourth-order valence-electron chi connectivity index (χ4n) is 3.21. The van der Waals surface area contributed by atoms with Crippen LogP contribution in [-0.2, 0) is 0 Å². The third-order valence-corrected chi connectivity index (χ3v) is 4.50. The van der Waals surface area contributed by atoms with Crippen LogP contribution in [0.2, 0.25) is 0 Å². The first kappa shape index (κ1) is 15.7. The smallest absolute Gasteiger partial charge is 0.228 e. The van der Waals surface area contributed by atoms with Crippen molar-refractivity contribution in [2.45, 2.75) is 20.0 Å². The molecule has 4 rings (SSSR count). The second-order valence-electron chi connectivity index (χ2n) is 5.95. The Morgan fingerprint density at radius 3 is 2.80 bits per heavy atom. The Morgan fingerprint density at radius 2 is 2.04 bits per heavy atom. The van der Waals surface area contributed by atoms with Gasteiger partial charge in [0.05, 0.1) is 11.1 Å². The minimum absolute atomic E-state index is 0.214. The molecule has 0 amide bonds. The number of aliphatic imine (C=N–C) groups is 1. The summed E-state index contributed by atoms with van der Waals surface area (Å²) >= 11 is 0. The Hall–Kier alpha value is -2.86. The normalized spacial score (nSPS) is 16.6. The number of rotatable bonds is 4. The van der Waals surface area contributed by atoms with E-state index in [1.807, 2.05) is 24.3 Å². The highest BCUT2D eigenvalue weighted by atomic mass is 16.3. The van der Waals surface area contributed by atoms with Crippen LogP contribution in [0.4, 0.5) is 5.69 Å². The van der Waals surface area contributed by atoms with Crippen molar-refractivity contribution in [2.75, 3.05) is 18.4 Å². The summed E-state index contributed by atoms with van der Waals surface area (Å²) in [6, 6.07) is 11.0. The zero-order valence-corrected chi connectivity index (χ0v) is 14.2. The zero-order valence-electron chi connectivity index (χ0n) is 14.2. The van der Waals surface area contributed by atoms with Crippen molar-refractivity contribution in [3.8, 4) is 5.75 Å². The molecule has 6 heteroatoms. The third kappa shape index (κ3) is 2.64. The Kier molecular flexibility index (Phi) is 3.89. The molecule has 3 aromatic rings. The maximum atomic E-state index is 9.82. The predicted molar refractivity (Wildman–Crippen MR) is 97.9 cm³/mol. The monoisotopic (exact) mass is 336 g/mol. The molecule has 0 radical (unpaired) electrons. The summed E-state index contributed by atoms with van der Waals surface area (Å²) in [5, 5.41) is 14.1. The van der Waals surface area contributed by atoms with Crippen LogP contribution in [0.15, 0.2) is 52.0 Å². The average Bonchev–Trinajstić information content (AvgIpc) is 3.01. The fraction of sp³-hybridized carbons (Fsp3) is 0.263. The number of hydrogen-bond acceptors (Lipinski definition) is 6. The van der Waals surface area contributed by atoms with Gasteiger partial charge in [0.15, 0.2) is 11.9 Å².